The lowest BCUT2D eigenvalue weighted by Gasteiger charge is -2.14. The Labute approximate surface area is 187 Å². The fraction of sp³-hybridized carbons (Fsp3) is 0.318. The molecule has 0 spiro atoms. The number of anilines is 1. The zero-order valence-corrected chi connectivity index (χ0v) is 18.2. The van der Waals surface area contributed by atoms with E-state index in [1.807, 2.05) is 38.1 Å². The Morgan fingerprint density at radius 3 is 2.85 bits per heavy atom. The van der Waals surface area contributed by atoms with Crippen molar-refractivity contribution in [1.82, 2.24) is 29.5 Å². The Kier molecular flexibility index (Phi) is 5.29. The third-order valence-electron chi connectivity index (χ3n) is 5.03. The summed E-state index contributed by atoms with van der Waals surface area (Å²) in [7, 11) is 0. The number of hydrogen-bond donors (Lipinski definition) is 4. The average molecular weight is 448 g/mol. The number of fused-ring (bicyclic) bond motifs is 1. The molecule has 3 aromatic heterocycles. The second-order valence-electron chi connectivity index (χ2n) is 8.16. The zero-order valence-electron chi connectivity index (χ0n) is 18.2. The summed E-state index contributed by atoms with van der Waals surface area (Å²) in [6.45, 7) is 4.43. The van der Waals surface area contributed by atoms with Crippen LogP contribution >= 0.6 is 0 Å². The van der Waals surface area contributed by atoms with E-state index in [2.05, 4.69) is 35.3 Å². The number of para-hydroxylation sites is 1. The first-order valence-electron chi connectivity index (χ1n) is 10.8. The molecule has 0 radical (unpaired) electrons. The molecule has 0 aliphatic heterocycles. The van der Waals surface area contributed by atoms with Crippen LogP contribution in [0.5, 0.6) is 11.6 Å². The lowest BCUT2D eigenvalue weighted by atomic mass is 10.2. The second-order valence-corrected chi connectivity index (χ2v) is 8.16. The Balaban J connectivity index is 1.55. The summed E-state index contributed by atoms with van der Waals surface area (Å²) in [5, 5.41) is 18.2. The molecular weight excluding hydrogens is 424 g/mol. The summed E-state index contributed by atoms with van der Waals surface area (Å²) in [6.07, 6.45) is 5.29. The van der Waals surface area contributed by atoms with Crippen LogP contribution in [0.15, 0.2) is 40.2 Å². The Hall–Kier alpha value is -4.15. The topological polar surface area (TPSA) is 146 Å². The monoisotopic (exact) mass is 448 g/mol. The van der Waals surface area contributed by atoms with Crippen molar-refractivity contribution < 1.29 is 9.84 Å². The normalized spacial score (nSPS) is 15.0. The van der Waals surface area contributed by atoms with Gasteiger partial charge in [0.1, 0.15) is 11.4 Å². The van der Waals surface area contributed by atoms with Crippen molar-refractivity contribution in [1.29, 1.82) is 0 Å². The Morgan fingerprint density at radius 2 is 2.12 bits per heavy atom. The fourth-order valence-corrected chi connectivity index (χ4v) is 3.35. The van der Waals surface area contributed by atoms with Crippen LogP contribution < -0.4 is 26.6 Å². The minimum absolute atomic E-state index is 0.0591. The molecule has 0 saturated heterocycles. The maximum atomic E-state index is 11.5. The zero-order chi connectivity index (χ0) is 22.9. The molecule has 11 heteroatoms. The van der Waals surface area contributed by atoms with Gasteiger partial charge >= 0.3 is 5.69 Å². The van der Waals surface area contributed by atoms with Crippen LogP contribution in [0.4, 0.5) is 5.95 Å². The van der Waals surface area contributed by atoms with Crippen LogP contribution in [0.3, 0.4) is 0 Å². The van der Waals surface area contributed by atoms with Crippen LogP contribution in [0.2, 0.25) is 0 Å². The smallest absolute Gasteiger partial charge is 0.326 e. The first-order valence-corrected chi connectivity index (χ1v) is 10.8. The second kappa shape index (κ2) is 8.41. The predicted molar refractivity (Wildman–Crippen MR) is 121 cm³/mol. The van der Waals surface area contributed by atoms with Gasteiger partial charge in [-0.3, -0.25) is 4.98 Å². The Morgan fingerprint density at radius 1 is 1.30 bits per heavy atom. The molecule has 4 aromatic rings. The number of aromatic hydroxyl groups is 1. The van der Waals surface area contributed by atoms with Crippen molar-refractivity contribution >= 4 is 17.7 Å². The molecule has 5 rings (SSSR count). The molecule has 0 atom stereocenters. The third kappa shape index (κ3) is 4.56. The van der Waals surface area contributed by atoms with Crippen molar-refractivity contribution in [2.45, 2.75) is 45.4 Å². The van der Waals surface area contributed by atoms with Gasteiger partial charge in [0, 0.05) is 17.3 Å². The number of benzene rings is 1. The molecule has 0 unspecified atom stereocenters. The van der Waals surface area contributed by atoms with Gasteiger partial charge in [-0.25, -0.2) is 9.79 Å². The number of ether oxygens (including phenoxy) is 1. The predicted octanol–water partition coefficient (Wildman–Crippen LogP) is 0.856. The van der Waals surface area contributed by atoms with E-state index in [0.717, 1.165) is 24.2 Å². The van der Waals surface area contributed by atoms with Gasteiger partial charge in [0.2, 0.25) is 11.8 Å². The lowest BCUT2D eigenvalue weighted by molar-refractivity contribution is 0.240. The summed E-state index contributed by atoms with van der Waals surface area (Å²) in [5.74, 6) is 0.939. The highest BCUT2D eigenvalue weighted by Crippen LogP contribution is 2.22. The minimum atomic E-state index is -0.501. The van der Waals surface area contributed by atoms with E-state index in [0.29, 0.717) is 29.0 Å². The first kappa shape index (κ1) is 20.7. The van der Waals surface area contributed by atoms with Crippen LogP contribution in [0, 0.1) is 0 Å². The Bertz CT molecular complexity index is 1480. The van der Waals surface area contributed by atoms with Crippen LogP contribution in [0.25, 0.3) is 11.7 Å². The summed E-state index contributed by atoms with van der Waals surface area (Å²) in [6, 6.07) is 8.05. The number of aromatic amines is 2. The molecule has 4 N–H and O–H groups in total. The minimum Gasteiger partial charge on any atom is -0.493 e. The fourth-order valence-electron chi connectivity index (χ4n) is 3.35. The van der Waals surface area contributed by atoms with Crippen molar-refractivity contribution in [3.8, 4) is 11.6 Å². The molecule has 1 aromatic carbocycles. The van der Waals surface area contributed by atoms with E-state index in [4.69, 9.17) is 4.74 Å². The van der Waals surface area contributed by atoms with Crippen LogP contribution in [-0.4, -0.2) is 46.8 Å². The van der Waals surface area contributed by atoms with Gasteiger partial charge in [0.15, 0.2) is 5.65 Å². The molecule has 1 aliphatic rings. The molecule has 1 aliphatic carbocycles. The number of nitrogens with one attached hydrogen (secondary N) is 3. The van der Waals surface area contributed by atoms with Gasteiger partial charge in [-0.05, 0) is 38.8 Å². The van der Waals surface area contributed by atoms with Gasteiger partial charge in [0.25, 0.3) is 5.62 Å². The largest absolute Gasteiger partial charge is 0.493 e. The van der Waals surface area contributed by atoms with E-state index in [1.165, 1.54) is 0 Å². The number of rotatable bonds is 7. The summed E-state index contributed by atoms with van der Waals surface area (Å²) < 4.78 is 7.46. The van der Waals surface area contributed by atoms with E-state index >= 15 is 0 Å². The number of hydrogen-bond acceptors (Lipinski definition) is 8. The van der Waals surface area contributed by atoms with Crippen molar-refractivity contribution in [2.75, 3.05) is 5.32 Å². The van der Waals surface area contributed by atoms with Gasteiger partial charge in [-0.15, -0.1) is 0 Å². The van der Waals surface area contributed by atoms with Gasteiger partial charge in [0.05, 0.1) is 18.3 Å². The average Bonchev–Trinajstić information content (AvgIpc) is 3.41. The molecular formula is C22H24N8O3. The number of aromatic nitrogens is 6. The van der Waals surface area contributed by atoms with E-state index in [-0.39, 0.29) is 23.7 Å². The van der Waals surface area contributed by atoms with Gasteiger partial charge in [-0.2, -0.15) is 19.6 Å². The van der Waals surface area contributed by atoms with Crippen molar-refractivity contribution in [2.24, 2.45) is 4.99 Å². The van der Waals surface area contributed by atoms with Gasteiger partial charge < -0.3 is 20.1 Å². The standard InChI is InChI=1S/C22H24N8O3/c1-12(2)33-17-6-4-3-5-13(17)10-23-20-27-18-14(9-16-19(31)28-22(32)26-16)11-24-30(18)21(29-20)25-15-7-8-15/h3-6,9,11-12,15,31H,7-8,10H2,1-2H3,(H,23,25,29)(H2,26,28,32). The van der Waals surface area contributed by atoms with Crippen molar-refractivity contribution in [3.05, 3.63) is 63.0 Å². The summed E-state index contributed by atoms with van der Waals surface area (Å²) in [4.78, 5) is 30.2. The molecule has 11 nitrogen and oxygen atoms in total. The maximum Gasteiger partial charge on any atom is 0.326 e. The van der Waals surface area contributed by atoms with E-state index in [9.17, 15) is 9.90 Å². The first-order chi connectivity index (χ1) is 16.0. The molecule has 1 fully saturated rings. The number of imidazole rings is 1. The molecule has 33 heavy (non-hydrogen) atoms. The number of H-pyrrole nitrogens is 2. The molecule has 3 heterocycles. The molecule has 1 saturated carbocycles. The highest BCUT2D eigenvalue weighted by Gasteiger charge is 2.21. The highest BCUT2D eigenvalue weighted by atomic mass is 16.5. The highest BCUT2D eigenvalue weighted by molar-refractivity contribution is 5.57. The SMILES string of the molecule is CC(C)Oc1ccccc1CNc1nc(=NC2CC2)n2ncc(=Cc3[nH]c(=O)[nH]c3O)c2n1. The van der Waals surface area contributed by atoms with Crippen LogP contribution in [-0.2, 0) is 6.54 Å². The maximum absolute atomic E-state index is 11.5. The van der Waals surface area contributed by atoms with Crippen molar-refractivity contribution in [3.63, 3.8) is 0 Å². The molecule has 0 bridgehead atoms. The van der Waals surface area contributed by atoms with Crippen LogP contribution in [0.1, 0.15) is 37.9 Å². The van der Waals surface area contributed by atoms with Gasteiger partial charge in [-0.1, -0.05) is 18.2 Å². The molecule has 0 amide bonds. The summed E-state index contributed by atoms with van der Waals surface area (Å²) in [5.41, 5.74) is 1.66. The number of nitrogens with zero attached hydrogens (tertiary/aromatic N) is 5. The van der Waals surface area contributed by atoms with E-state index < -0.39 is 5.69 Å². The lowest BCUT2D eigenvalue weighted by Crippen LogP contribution is -2.24. The molecule has 170 valence electrons. The van der Waals surface area contributed by atoms with E-state index in [1.54, 1.807) is 16.8 Å². The third-order valence-corrected chi connectivity index (χ3v) is 5.03. The summed E-state index contributed by atoms with van der Waals surface area (Å²) >= 11 is 0. The quantitative estimate of drug-likeness (QED) is 0.328.